The van der Waals surface area contributed by atoms with Gasteiger partial charge in [-0.15, -0.1) is 0 Å². The maximum atomic E-state index is 11.5. The maximum absolute atomic E-state index is 11.5. The lowest BCUT2D eigenvalue weighted by atomic mass is 10.3. The van der Waals surface area contributed by atoms with Gasteiger partial charge in [-0.2, -0.15) is 13.2 Å². The summed E-state index contributed by atoms with van der Waals surface area (Å²) >= 11 is 0. The van der Waals surface area contributed by atoms with Crippen molar-refractivity contribution in [3.05, 3.63) is 0 Å². The minimum Gasteiger partial charge on any atom is -0.347 e. The summed E-state index contributed by atoms with van der Waals surface area (Å²) in [5, 5.41) is 1.57. The number of ketones is 1. The van der Waals surface area contributed by atoms with Crippen LogP contribution in [0.1, 0.15) is 13.3 Å². The molecule has 0 fully saturated rings. The monoisotopic (exact) mass is 183 g/mol. The lowest BCUT2D eigenvalue weighted by Gasteiger charge is -2.06. The summed E-state index contributed by atoms with van der Waals surface area (Å²) in [7, 11) is 0. The standard InChI is InChI=1S/C6H8F3NO2/c1-4(11)2-5(12)10-3-6(7,8)9/h2-3H2,1H3,(H,10,12). The summed E-state index contributed by atoms with van der Waals surface area (Å²) in [6.45, 7) is -0.258. The first-order chi connectivity index (χ1) is 5.31. The summed E-state index contributed by atoms with van der Waals surface area (Å²) in [5.41, 5.74) is 0. The van der Waals surface area contributed by atoms with E-state index < -0.39 is 30.8 Å². The molecule has 1 amide bonds. The first-order valence-corrected chi connectivity index (χ1v) is 3.14. The lowest BCUT2D eigenvalue weighted by Crippen LogP contribution is -2.34. The maximum Gasteiger partial charge on any atom is 0.405 e. The second-order valence-electron chi connectivity index (χ2n) is 2.27. The minimum absolute atomic E-state index is 0.463. The normalized spacial score (nSPS) is 11.0. The van der Waals surface area contributed by atoms with Gasteiger partial charge in [0.2, 0.25) is 5.91 Å². The van der Waals surface area contributed by atoms with Gasteiger partial charge in [0.15, 0.2) is 0 Å². The van der Waals surface area contributed by atoms with Gasteiger partial charge in [-0.05, 0) is 6.92 Å². The molecule has 0 radical (unpaired) electrons. The molecule has 0 aromatic rings. The molecule has 0 bridgehead atoms. The van der Waals surface area contributed by atoms with Crippen LogP contribution in [0.15, 0.2) is 0 Å². The molecule has 0 heterocycles. The predicted molar refractivity (Wildman–Crippen MR) is 34.4 cm³/mol. The van der Waals surface area contributed by atoms with Gasteiger partial charge in [0.1, 0.15) is 12.3 Å². The van der Waals surface area contributed by atoms with Gasteiger partial charge in [-0.1, -0.05) is 0 Å². The van der Waals surface area contributed by atoms with Crippen LogP contribution in [0.25, 0.3) is 0 Å². The van der Waals surface area contributed by atoms with Crippen molar-refractivity contribution < 1.29 is 22.8 Å². The van der Waals surface area contributed by atoms with Gasteiger partial charge in [0.25, 0.3) is 0 Å². The van der Waals surface area contributed by atoms with E-state index in [0.717, 1.165) is 6.92 Å². The Hall–Kier alpha value is -1.07. The zero-order valence-corrected chi connectivity index (χ0v) is 6.36. The Morgan fingerprint density at radius 3 is 2.17 bits per heavy atom. The van der Waals surface area contributed by atoms with Crippen molar-refractivity contribution in [2.45, 2.75) is 19.5 Å². The Balaban J connectivity index is 3.65. The van der Waals surface area contributed by atoms with E-state index in [1.165, 1.54) is 0 Å². The first-order valence-electron chi connectivity index (χ1n) is 3.14. The fraction of sp³-hybridized carbons (Fsp3) is 0.667. The number of carbonyl (C=O) groups excluding carboxylic acids is 2. The van der Waals surface area contributed by atoms with E-state index in [4.69, 9.17) is 0 Å². The third-order valence-corrected chi connectivity index (χ3v) is 0.896. The second-order valence-corrected chi connectivity index (χ2v) is 2.27. The summed E-state index contributed by atoms with van der Waals surface area (Å²) < 4.78 is 34.4. The van der Waals surface area contributed by atoms with Crippen molar-refractivity contribution in [3.8, 4) is 0 Å². The van der Waals surface area contributed by atoms with E-state index in [1.54, 1.807) is 5.32 Å². The lowest BCUT2D eigenvalue weighted by molar-refractivity contribution is -0.140. The van der Waals surface area contributed by atoms with Gasteiger partial charge in [-0.25, -0.2) is 0 Å². The number of Topliss-reactive ketones (excluding diaryl/α,β-unsaturated/α-hetero) is 1. The molecule has 0 aromatic carbocycles. The van der Waals surface area contributed by atoms with Crippen LogP contribution in [-0.4, -0.2) is 24.4 Å². The molecular formula is C6H8F3NO2. The number of alkyl halides is 3. The molecule has 0 unspecified atom stereocenters. The molecule has 0 saturated carbocycles. The van der Waals surface area contributed by atoms with Crippen LogP contribution >= 0.6 is 0 Å². The van der Waals surface area contributed by atoms with Crippen molar-refractivity contribution in [2.24, 2.45) is 0 Å². The minimum atomic E-state index is -4.42. The van der Waals surface area contributed by atoms with Crippen LogP contribution in [0.3, 0.4) is 0 Å². The zero-order valence-electron chi connectivity index (χ0n) is 6.36. The first kappa shape index (κ1) is 10.9. The van der Waals surface area contributed by atoms with E-state index in [1.807, 2.05) is 0 Å². The quantitative estimate of drug-likeness (QED) is 0.653. The average Bonchev–Trinajstić information content (AvgIpc) is 1.80. The van der Waals surface area contributed by atoms with E-state index >= 15 is 0 Å². The zero-order chi connectivity index (χ0) is 9.78. The molecule has 0 spiro atoms. The van der Waals surface area contributed by atoms with Crippen LogP contribution in [0, 0.1) is 0 Å². The van der Waals surface area contributed by atoms with Gasteiger partial charge >= 0.3 is 6.18 Å². The Labute approximate surface area is 66.9 Å². The smallest absolute Gasteiger partial charge is 0.347 e. The summed E-state index contributed by atoms with van der Waals surface area (Å²) in [4.78, 5) is 20.7. The highest BCUT2D eigenvalue weighted by molar-refractivity contribution is 5.96. The van der Waals surface area contributed by atoms with Crippen molar-refractivity contribution in [2.75, 3.05) is 6.54 Å². The molecule has 3 nitrogen and oxygen atoms in total. The topological polar surface area (TPSA) is 46.2 Å². The Kier molecular flexibility index (Phi) is 3.72. The fourth-order valence-electron chi connectivity index (χ4n) is 0.487. The third kappa shape index (κ3) is 7.04. The van der Waals surface area contributed by atoms with E-state index in [0.29, 0.717) is 0 Å². The predicted octanol–water partition coefficient (Wildman–Crippen LogP) is 0.644. The second kappa shape index (κ2) is 4.08. The van der Waals surface area contributed by atoms with E-state index in [2.05, 4.69) is 0 Å². The highest BCUT2D eigenvalue weighted by atomic mass is 19.4. The van der Waals surface area contributed by atoms with Crippen LogP contribution < -0.4 is 5.32 Å². The van der Waals surface area contributed by atoms with Gasteiger partial charge in [0, 0.05) is 0 Å². The Bertz CT molecular complexity index is 188. The molecule has 70 valence electrons. The van der Waals surface area contributed by atoms with Crippen molar-refractivity contribution in [3.63, 3.8) is 0 Å². The molecule has 0 aliphatic rings. The van der Waals surface area contributed by atoms with Crippen LogP contribution in [-0.2, 0) is 9.59 Å². The number of nitrogens with one attached hydrogen (secondary N) is 1. The van der Waals surface area contributed by atoms with Crippen LogP contribution in [0.5, 0.6) is 0 Å². The number of hydrogen-bond acceptors (Lipinski definition) is 2. The molecule has 0 aliphatic heterocycles. The molecule has 0 aliphatic carbocycles. The highest BCUT2D eigenvalue weighted by Crippen LogP contribution is 2.11. The van der Waals surface area contributed by atoms with E-state index in [9.17, 15) is 22.8 Å². The summed E-state index contributed by atoms with van der Waals surface area (Å²) in [5.74, 6) is -1.37. The third-order valence-electron chi connectivity index (χ3n) is 0.896. The number of amides is 1. The fourth-order valence-corrected chi connectivity index (χ4v) is 0.487. The number of halogens is 3. The van der Waals surface area contributed by atoms with Gasteiger partial charge in [0.05, 0.1) is 6.42 Å². The van der Waals surface area contributed by atoms with Gasteiger partial charge in [-0.3, -0.25) is 9.59 Å². The average molecular weight is 183 g/mol. The van der Waals surface area contributed by atoms with Crippen molar-refractivity contribution in [1.82, 2.24) is 5.32 Å². The van der Waals surface area contributed by atoms with Crippen LogP contribution in [0.4, 0.5) is 13.2 Å². The number of carbonyl (C=O) groups is 2. The van der Waals surface area contributed by atoms with E-state index in [-0.39, 0.29) is 0 Å². The molecule has 12 heavy (non-hydrogen) atoms. The number of rotatable bonds is 3. The highest BCUT2D eigenvalue weighted by Gasteiger charge is 2.27. The molecule has 0 aromatic heterocycles. The summed E-state index contributed by atoms with van der Waals surface area (Å²) in [6.07, 6.45) is -4.93. The van der Waals surface area contributed by atoms with Crippen LogP contribution in [0.2, 0.25) is 0 Å². The van der Waals surface area contributed by atoms with Gasteiger partial charge < -0.3 is 5.32 Å². The molecule has 0 saturated heterocycles. The van der Waals surface area contributed by atoms with Crippen molar-refractivity contribution in [1.29, 1.82) is 0 Å². The molecule has 0 rings (SSSR count). The van der Waals surface area contributed by atoms with Crippen molar-refractivity contribution >= 4 is 11.7 Å². The summed E-state index contributed by atoms with van der Waals surface area (Å²) in [6, 6.07) is 0. The Morgan fingerprint density at radius 2 is 1.83 bits per heavy atom. The molecular weight excluding hydrogens is 175 g/mol. The number of hydrogen-bond donors (Lipinski definition) is 1. The Morgan fingerprint density at radius 1 is 1.33 bits per heavy atom. The SMILES string of the molecule is CC(=O)CC(=O)NCC(F)(F)F. The molecule has 1 N–H and O–H groups in total. The molecule has 0 atom stereocenters. The molecule has 6 heteroatoms. The largest absolute Gasteiger partial charge is 0.405 e.